The molecule has 2 aromatic rings. The minimum absolute atomic E-state index is 0.00700. The number of rotatable bonds is 3. The van der Waals surface area contributed by atoms with Gasteiger partial charge in [0.05, 0.1) is 7.11 Å². The van der Waals surface area contributed by atoms with Crippen LogP contribution in [-0.2, 0) is 9.47 Å². The van der Waals surface area contributed by atoms with E-state index in [-0.39, 0.29) is 10.8 Å². The molecule has 0 saturated carbocycles. The van der Waals surface area contributed by atoms with Gasteiger partial charge in [-0.3, -0.25) is 5.32 Å². The Labute approximate surface area is 152 Å². The third kappa shape index (κ3) is 5.16. The lowest BCUT2D eigenvalue weighted by atomic mass is 10.2. The topological polar surface area (TPSA) is 73.9 Å². The first kappa shape index (κ1) is 19.6. The summed E-state index contributed by atoms with van der Waals surface area (Å²) in [5.41, 5.74) is -0.381. The van der Waals surface area contributed by atoms with Crippen LogP contribution in [0.25, 0.3) is 10.4 Å². The number of anilines is 1. The summed E-state index contributed by atoms with van der Waals surface area (Å²) in [4.78, 5) is 23.8. The first-order chi connectivity index (χ1) is 12.1. The fourth-order valence-corrected chi connectivity index (χ4v) is 2.82. The number of methoxy groups -OCH3 is 1. The minimum Gasteiger partial charge on any atom is -0.444 e. The van der Waals surface area contributed by atoms with E-state index in [2.05, 4.69) is 10.1 Å². The van der Waals surface area contributed by atoms with Gasteiger partial charge in [0.1, 0.15) is 10.6 Å². The van der Waals surface area contributed by atoms with Gasteiger partial charge in [0.25, 0.3) is 0 Å². The lowest BCUT2D eigenvalue weighted by Crippen LogP contribution is -2.27. The SMILES string of the molecule is COC(=O)Oc1cc(-c2ccc(F)c(F)c2)sc1NC(=O)OC(C)(C)C. The summed E-state index contributed by atoms with van der Waals surface area (Å²) >= 11 is 1.00. The van der Waals surface area contributed by atoms with E-state index in [1.165, 1.54) is 12.1 Å². The Balaban J connectivity index is 2.35. The van der Waals surface area contributed by atoms with Crippen LogP contribution in [-0.4, -0.2) is 25.0 Å². The molecule has 2 rings (SSSR count). The molecule has 0 aliphatic rings. The highest BCUT2D eigenvalue weighted by Gasteiger charge is 2.21. The number of amides is 1. The van der Waals surface area contributed by atoms with E-state index in [0.29, 0.717) is 10.4 Å². The molecular formula is C17H17F2NO5S. The summed E-state index contributed by atoms with van der Waals surface area (Å²) < 4.78 is 41.2. The number of carbonyl (C=O) groups is 2. The molecule has 9 heteroatoms. The molecule has 1 N–H and O–H groups in total. The second-order valence-corrected chi connectivity index (χ2v) is 7.17. The minimum atomic E-state index is -1.02. The van der Waals surface area contributed by atoms with Crippen molar-refractivity contribution in [3.63, 3.8) is 0 Å². The van der Waals surface area contributed by atoms with Crippen LogP contribution in [0.5, 0.6) is 5.75 Å². The van der Waals surface area contributed by atoms with E-state index >= 15 is 0 Å². The maximum Gasteiger partial charge on any atom is 0.513 e. The molecule has 0 aliphatic heterocycles. The van der Waals surface area contributed by atoms with E-state index in [0.717, 1.165) is 30.6 Å². The van der Waals surface area contributed by atoms with Crippen LogP contribution >= 0.6 is 11.3 Å². The second-order valence-electron chi connectivity index (χ2n) is 6.12. The molecule has 0 radical (unpaired) electrons. The number of carbonyl (C=O) groups excluding carboxylic acids is 2. The number of hydrogen-bond acceptors (Lipinski definition) is 6. The van der Waals surface area contributed by atoms with Gasteiger partial charge in [0.2, 0.25) is 0 Å². The first-order valence-electron chi connectivity index (χ1n) is 7.44. The molecule has 26 heavy (non-hydrogen) atoms. The van der Waals surface area contributed by atoms with Gasteiger partial charge in [-0.25, -0.2) is 18.4 Å². The number of hydrogen-bond donors (Lipinski definition) is 1. The van der Waals surface area contributed by atoms with E-state index < -0.39 is 29.5 Å². The monoisotopic (exact) mass is 385 g/mol. The van der Waals surface area contributed by atoms with E-state index in [9.17, 15) is 18.4 Å². The number of thiophene rings is 1. The van der Waals surface area contributed by atoms with Crippen LogP contribution in [0, 0.1) is 11.6 Å². The Morgan fingerprint density at radius 3 is 2.38 bits per heavy atom. The summed E-state index contributed by atoms with van der Waals surface area (Å²) in [5, 5.41) is 2.63. The normalized spacial score (nSPS) is 11.0. The van der Waals surface area contributed by atoms with Crippen molar-refractivity contribution < 1.29 is 32.6 Å². The first-order valence-corrected chi connectivity index (χ1v) is 8.26. The third-order valence-electron chi connectivity index (χ3n) is 2.88. The lowest BCUT2D eigenvalue weighted by Gasteiger charge is -2.19. The number of ether oxygens (including phenoxy) is 3. The van der Waals surface area contributed by atoms with Crippen LogP contribution in [0.4, 0.5) is 23.4 Å². The molecule has 0 spiro atoms. The van der Waals surface area contributed by atoms with Crippen LogP contribution in [0.1, 0.15) is 20.8 Å². The van der Waals surface area contributed by atoms with Crippen molar-refractivity contribution in [1.82, 2.24) is 0 Å². The van der Waals surface area contributed by atoms with Crippen LogP contribution in [0.2, 0.25) is 0 Å². The number of benzene rings is 1. The molecule has 1 aromatic carbocycles. The van der Waals surface area contributed by atoms with Gasteiger partial charge in [-0.05, 0) is 38.5 Å². The highest BCUT2D eigenvalue weighted by molar-refractivity contribution is 7.20. The van der Waals surface area contributed by atoms with Crippen molar-refractivity contribution in [2.24, 2.45) is 0 Å². The van der Waals surface area contributed by atoms with Crippen molar-refractivity contribution in [2.45, 2.75) is 26.4 Å². The van der Waals surface area contributed by atoms with Crippen LogP contribution < -0.4 is 10.1 Å². The fourth-order valence-electron chi connectivity index (χ4n) is 1.86. The Morgan fingerprint density at radius 1 is 1.12 bits per heavy atom. The van der Waals surface area contributed by atoms with Gasteiger partial charge in [0.15, 0.2) is 17.4 Å². The van der Waals surface area contributed by atoms with E-state index in [1.54, 1.807) is 20.8 Å². The summed E-state index contributed by atoms with van der Waals surface area (Å²) in [6.45, 7) is 5.08. The zero-order valence-electron chi connectivity index (χ0n) is 14.5. The number of nitrogens with one attached hydrogen (secondary N) is 1. The predicted octanol–water partition coefficient (Wildman–Crippen LogP) is 5.19. The maximum absolute atomic E-state index is 13.5. The van der Waals surface area contributed by atoms with Gasteiger partial charge in [-0.1, -0.05) is 6.07 Å². The molecule has 1 amide bonds. The van der Waals surface area contributed by atoms with Gasteiger partial charge >= 0.3 is 12.2 Å². The molecule has 0 atom stereocenters. The van der Waals surface area contributed by atoms with Crippen molar-refractivity contribution in [2.75, 3.05) is 12.4 Å². The Bertz CT molecular complexity index is 829. The van der Waals surface area contributed by atoms with Crippen LogP contribution in [0.3, 0.4) is 0 Å². The van der Waals surface area contributed by atoms with Crippen molar-refractivity contribution in [1.29, 1.82) is 0 Å². The van der Waals surface area contributed by atoms with Crippen molar-refractivity contribution in [3.05, 3.63) is 35.9 Å². The van der Waals surface area contributed by atoms with Crippen molar-refractivity contribution in [3.8, 4) is 16.2 Å². The summed E-state index contributed by atoms with van der Waals surface area (Å²) in [6.07, 6.45) is -1.75. The molecule has 1 aromatic heterocycles. The summed E-state index contributed by atoms with van der Waals surface area (Å²) in [6, 6.07) is 4.75. The Morgan fingerprint density at radius 2 is 1.81 bits per heavy atom. The molecule has 0 aliphatic carbocycles. The average Bonchev–Trinajstić information content (AvgIpc) is 2.90. The van der Waals surface area contributed by atoms with Gasteiger partial charge in [-0.15, -0.1) is 11.3 Å². The van der Waals surface area contributed by atoms with E-state index in [4.69, 9.17) is 9.47 Å². The average molecular weight is 385 g/mol. The third-order valence-corrected chi connectivity index (χ3v) is 3.96. The quantitative estimate of drug-likeness (QED) is 0.737. The molecule has 0 bridgehead atoms. The molecule has 0 fully saturated rings. The highest BCUT2D eigenvalue weighted by atomic mass is 32.1. The van der Waals surface area contributed by atoms with Crippen molar-refractivity contribution >= 4 is 28.6 Å². The summed E-state index contributed by atoms with van der Waals surface area (Å²) in [5.74, 6) is -2.01. The second kappa shape index (κ2) is 7.69. The maximum atomic E-state index is 13.5. The molecular weight excluding hydrogens is 368 g/mol. The fraction of sp³-hybridized carbons (Fsp3) is 0.294. The molecule has 1 heterocycles. The predicted molar refractivity (Wildman–Crippen MR) is 92.6 cm³/mol. The van der Waals surface area contributed by atoms with Gasteiger partial charge in [-0.2, -0.15) is 0 Å². The summed E-state index contributed by atoms with van der Waals surface area (Å²) in [7, 11) is 1.13. The van der Waals surface area contributed by atoms with Crippen LogP contribution in [0.15, 0.2) is 24.3 Å². The smallest absolute Gasteiger partial charge is 0.444 e. The highest BCUT2D eigenvalue weighted by Crippen LogP contribution is 2.41. The largest absolute Gasteiger partial charge is 0.513 e. The lowest BCUT2D eigenvalue weighted by molar-refractivity contribution is 0.0635. The Hall–Kier alpha value is -2.68. The molecule has 0 saturated heterocycles. The standard InChI is InChI=1S/C17H17F2NO5S/c1-17(2,3)25-15(21)20-14-12(24-16(22)23-4)8-13(26-14)9-5-6-10(18)11(19)7-9/h5-8H,1-4H3,(H,20,21). The Kier molecular flexibility index (Phi) is 5.81. The zero-order chi connectivity index (χ0) is 19.5. The molecule has 0 unspecified atom stereocenters. The number of halogens is 2. The van der Waals surface area contributed by atoms with E-state index in [1.807, 2.05) is 0 Å². The zero-order valence-corrected chi connectivity index (χ0v) is 15.3. The molecule has 6 nitrogen and oxygen atoms in total. The molecule has 140 valence electrons. The van der Waals surface area contributed by atoms with Gasteiger partial charge in [0, 0.05) is 10.9 Å². The van der Waals surface area contributed by atoms with Gasteiger partial charge < -0.3 is 14.2 Å².